The fourth-order valence-electron chi connectivity index (χ4n) is 1.94. The molecule has 1 aromatic heterocycles. The highest BCUT2D eigenvalue weighted by Crippen LogP contribution is 2.19. The average molecular weight is 367 g/mol. The van der Waals surface area contributed by atoms with Crippen LogP contribution in [0.1, 0.15) is 25.5 Å². The molecule has 0 bridgehead atoms. The van der Waals surface area contributed by atoms with Gasteiger partial charge < -0.3 is 25.0 Å². The lowest BCUT2D eigenvalue weighted by Gasteiger charge is -2.02. The molecule has 2 aromatic rings. The third-order valence-corrected chi connectivity index (χ3v) is 3.20. The number of benzene rings is 1. The highest BCUT2D eigenvalue weighted by molar-refractivity contribution is 6.27. The van der Waals surface area contributed by atoms with Gasteiger partial charge in [-0.25, -0.2) is 19.2 Å². The first-order valence-electron chi connectivity index (χ1n) is 7.57. The predicted molar refractivity (Wildman–Crippen MR) is 92.1 cm³/mol. The maximum absolute atomic E-state index is 9.10. The Balaban J connectivity index is 0.000000437. The lowest BCUT2D eigenvalue weighted by Crippen LogP contribution is -2.09. The summed E-state index contributed by atoms with van der Waals surface area (Å²) < 4.78 is 2.31. The van der Waals surface area contributed by atoms with E-state index in [0.717, 1.165) is 0 Å². The van der Waals surface area contributed by atoms with Crippen molar-refractivity contribution in [1.29, 1.82) is 0 Å². The van der Waals surface area contributed by atoms with Gasteiger partial charge in [0, 0.05) is 18.3 Å². The van der Waals surface area contributed by atoms with Gasteiger partial charge in [-0.2, -0.15) is 0 Å². The van der Waals surface area contributed by atoms with Crippen LogP contribution in [0.3, 0.4) is 0 Å². The third kappa shape index (κ3) is 7.95. The lowest BCUT2D eigenvalue weighted by atomic mass is 10.2. The van der Waals surface area contributed by atoms with E-state index in [4.69, 9.17) is 39.6 Å². The van der Waals surface area contributed by atoms with E-state index < -0.39 is 23.9 Å². The molecular formula is C17H21NO8. The van der Waals surface area contributed by atoms with Crippen molar-refractivity contribution in [1.82, 2.24) is 4.57 Å². The van der Waals surface area contributed by atoms with Crippen molar-refractivity contribution in [3.8, 4) is 0 Å². The smallest absolute Gasteiger partial charge is 0.414 e. The van der Waals surface area contributed by atoms with Crippen LogP contribution in [0.25, 0.3) is 10.9 Å². The zero-order valence-electron chi connectivity index (χ0n) is 14.4. The summed E-state index contributed by atoms with van der Waals surface area (Å²) in [4.78, 5) is 36.4. The van der Waals surface area contributed by atoms with Gasteiger partial charge in [0.15, 0.2) is 0 Å². The Bertz CT molecular complexity index is 730. The summed E-state index contributed by atoms with van der Waals surface area (Å²) >= 11 is 0. The van der Waals surface area contributed by atoms with Crippen LogP contribution in [0, 0.1) is 0 Å². The lowest BCUT2D eigenvalue weighted by molar-refractivity contribution is -0.159. The van der Waals surface area contributed by atoms with Crippen molar-refractivity contribution in [2.75, 3.05) is 0 Å². The molecule has 0 fully saturated rings. The summed E-state index contributed by atoms with van der Waals surface area (Å²) in [5.74, 6) is -7.30. The van der Waals surface area contributed by atoms with Crippen LogP contribution in [-0.4, -0.2) is 48.9 Å². The standard InChI is InChI=1S/C13H17N.2C2H2O4/c1-3-4-8-12-10-11-7-5-6-9-13(11)14(12)2;2*3-1(4)2(5)6/h5-7,9-10H,3-4,8H2,1-2H3;2*(H,3,4)(H,5,6). The molecule has 0 spiro atoms. The molecule has 0 amide bonds. The molecule has 0 saturated heterocycles. The Morgan fingerprint density at radius 1 is 0.885 bits per heavy atom. The molecule has 1 heterocycles. The van der Waals surface area contributed by atoms with E-state index in [1.54, 1.807) is 0 Å². The first-order chi connectivity index (χ1) is 12.1. The summed E-state index contributed by atoms with van der Waals surface area (Å²) in [6.07, 6.45) is 3.74. The second-order valence-corrected chi connectivity index (χ2v) is 5.08. The number of rotatable bonds is 3. The van der Waals surface area contributed by atoms with E-state index in [1.807, 2.05) is 0 Å². The zero-order chi connectivity index (χ0) is 20.3. The number of carboxylic acid groups (broad SMARTS) is 4. The van der Waals surface area contributed by atoms with E-state index in [-0.39, 0.29) is 0 Å². The van der Waals surface area contributed by atoms with Gasteiger partial charge >= 0.3 is 23.9 Å². The summed E-state index contributed by atoms with van der Waals surface area (Å²) in [5.41, 5.74) is 2.80. The quantitative estimate of drug-likeness (QED) is 0.599. The van der Waals surface area contributed by atoms with Gasteiger partial charge in [0.2, 0.25) is 0 Å². The number of fused-ring (bicyclic) bond motifs is 1. The maximum Gasteiger partial charge on any atom is 0.414 e. The molecule has 0 unspecified atom stereocenters. The third-order valence-electron chi connectivity index (χ3n) is 3.20. The number of aliphatic carboxylic acids is 4. The van der Waals surface area contributed by atoms with E-state index in [2.05, 4.69) is 48.9 Å². The molecular weight excluding hydrogens is 346 g/mol. The van der Waals surface area contributed by atoms with Crippen molar-refractivity contribution in [3.05, 3.63) is 36.0 Å². The number of nitrogens with zero attached hydrogens (tertiary/aromatic N) is 1. The second kappa shape index (κ2) is 11.2. The minimum absolute atomic E-state index is 1.20. The number of aryl methyl sites for hydroxylation is 2. The number of hydrogen-bond acceptors (Lipinski definition) is 4. The van der Waals surface area contributed by atoms with Crippen LogP contribution in [0.15, 0.2) is 30.3 Å². The SMILES string of the molecule is CCCCc1cc2ccccc2n1C.O=C(O)C(=O)O.O=C(O)C(=O)O. The molecule has 142 valence electrons. The van der Waals surface area contributed by atoms with Crippen LogP contribution in [0.2, 0.25) is 0 Å². The summed E-state index contributed by atoms with van der Waals surface area (Å²) in [6.45, 7) is 2.24. The van der Waals surface area contributed by atoms with Crippen LogP contribution < -0.4 is 0 Å². The topological polar surface area (TPSA) is 154 Å². The minimum Gasteiger partial charge on any atom is -0.473 e. The number of para-hydroxylation sites is 1. The Morgan fingerprint density at radius 2 is 1.35 bits per heavy atom. The van der Waals surface area contributed by atoms with Crippen molar-refractivity contribution >= 4 is 34.8 Å². The number of carboxylic acids is 4. The van der Waals surface area contributed by atoms with E-state index in [0.29, 0.717) is 0 Å². The summed E-state index contributed by atoms with van der Waals surface area (Å²) in [5, 5.41) is 30.9. The Morgan fingerprint density at radius 3 is 1.73 bits per heavy atom. The fourth-order valence-corrected chi connectivity index (χ4v) is 1.94. The van der Waals surface area contributed by atoms with Gasteiger partial charge in [-0.15, -0.1) is 0 Å². The first kappa shape index (κ1) is 22.6. The number of hydrogen-bond donors (Lipinski definition) is 4. The van der Waals surface area contributed by atoms with Gasteiger partial charge in [0.05, 0.1) is 0 Å². The molecule has 9 nitrogen and oxygen atoms in total. The number of unbranched alkanes of at least 4 members (excludes halogenated alkanes) is 1. The molecule has 0 saturated carbocycles. The monoisotopic (exact) mass is 367 g/mol. The second-order valence-electron chi connectivity index (χ2n) is 5.08. The molecule has 26 heavy (non-hydrogen) atoms. The predicted octanol–water partition coefficient (Wildman–Crippen LogP) is 1.83. The first-order valence-corrected chi connectivity index (χ1v) is 7.57. The number of carbonyl (C=O) groups is 4. The van der Waals surface area contributed by atoms with Crippen molar-refractivity contribution in [2.45, 2.75) is 26.2 Å². The van der Waals surface area contributed by atoms with Crippen molar-refractivity contribution in [2.24, 2.45) is 7.05 Å². The molecule has 0 aliphatic carbocycles. The fraction of sp³-hybridized carbons (Fsp3) is 0.294. The Hall–Kier alpha value is -3.36. The van der Waals surface area contributed by atoms with Gasteiger partial charge in [0.1, 0.15) is 0 Å². The van der Waals surface area contributed by atoms with E-state index in [9.17, 15) is 0 Å². The largest absolute Gasteiger partial charge is 0.473 e. The van der Waals surface area contributed by atoms with Gasteiger partial charge in [-0.1, -0.05) is 31.5 Å². The molecule has 0 aliphatic rings. The van der Waals surface area contributed by atoms with Gasteiger partial charge in [0.25, 0.3) is 0 Å². The normalized spacial score (nSPS) is 9.31. The summed E-state index contributed by atoms with van der Waals surface area (Å²) in [7, 11) is 2.16. The summed E-state index contributed by atoms with van der Waals surface area (Å²) in [6, 6.07) is 10.9. The van der Waals surface area contributed by atoms with Gasteiger partial charge in [-0.05, 0) is 30.4 Å². The molecule has 1 aromatic carbocycles. The van der Waals surface area contributed by atoms with Crippen LogP contribution in [0.5, 0.6) is 0 Å². The highest BCUT2D eigenvalue weighted by atomic mass is 16.4. The molecule has 0 atom stereocenters. The highest BCUT2D eigenvalue weighted by Gasteiger charge is 2.05. The molecule has 4 N–H and O–H groups in total. The molecule has 9 heteroatoms. The van der Waals surface area contributed by atoms with Crippen LogP contribution in [-0.2, 0) is 32.6 Å². The van der Waals surface area contributed by atoms with Crippen molar-refractivity contribution in [3.63, 3.8) is 0 Å². The van der Waals surface area contributed by atoms with Crippen LogP contribution in [0.4, 0.5) is 0 Å². The Labute approximate surface area is 149 Å². The molecule has 2 rings (SSSR count). The van der Waals surface area contributed by atoms with Crippen molar-refractivity contribution < 1.29 is 39.6 Å². The van der Waals surface area contributed by atoms with E-state index >= 15 is 0 Å². The van der Waals surface area contributed by atoms with E-state index in [1.165, 1.54) is 35.9 Å². The van der Waals surface area contributed by atoms with Crippen LogP contribution >= 0.6 is 0 Å². The Kier molecular flexibility index (Phi) is 9.79. The maximum atomic E-state index is 9.10. The molecule has 0 aliphatic heterocycles. The average Bonchev–Trinajstić information content (AvgIpc) is 2.90. The zero-order valence-corrected chi connectivity index (χ0v) is 14.4. The minimum atomic E-state index is -1.82. The van der Waals surface area contributed by atoms with Gasteiger partial charge in [-0.3, -0.25) is 0 Å². The number of aromatic nitrogens is 1. The molecule has 0 radical (unpaired) electrons.